The van der Waals surface area contributed by atoms with Gasteiger partial charge in [-0.05, 0) is 12.5 Å². The summed E-state index contributed by atoms with van der Waals surface area (Å²) < 4.78 is 0. The van der Waals surface area contributed by atoms with E-state index < -0.39 is 5.54 Å². The fourth-order valence-corrected chi connectivity index (χ4v) is 1.07. The van der Waals surface area contributed by atoms with Crippen molar-refractivity contribution in [2.45, 2.75) is 19.0 Å². The lowest BCUT2D eigenvalue weighted by Gasteiger charge is -2.26. The Balaban J connectivity index is 0.00000196. The molecule has 0 unspecified atom stereocenters. The van der Waals surface area contributed by atoms with Crippen LogP contribution in [0.4, 0.5) is 0 Å². The topological polar surface area (TPSA) is 52.5 Å². The lowest BCUT2D eigenvalue weighted by molar-refractivity contribution is 0.103. The lowest BCUT2D eigenvalue weighted by atomic mass is 10.0. The van der Waals surface area contributed by atoms with Crippen molar-refractivity contribution in [2.24, 2.45) is 0 Å². The minimum atomic E-state index is -0.601. The van der Waals surface area contributed by atoms with E-state index in [1.807, 2.05) is 30.3 Å². The number of aliphatic hydroxyl groups is 2. The van der Waals surface area contributed by atoms with Crippen molar-refractivity contribution in [1.82, 2.24) is 5.32 Å². The van der Waals surface area contributed by atoms with Crippen molar-refractivity contribution in [1.29, 1.82) is 0 Å². The first kappa shape index (κ1) is 14.4. The molecule has 0 spiro atoms. The van der Waals surface area contributed by atoms with E-state index in [0.717, 1.165) is 5.56 Å². The summed E-state index contributed by atoms with van der Waals surface area (Å²) in [5, 5.41) is 21.2. The predicted octanol–water partition coefficient (Wildman–Crippen LogP) is 0.941. The molecule has 0 heterocycles. The van der Waals surface area contributed by atoms with Crippen LogP contribution in [0.2, 0.25) is 0 Å². The van der Waals surface area contributed by atoms with Crippen LogP contribution < -0.4 is 5.32 Å². The standard InChI is InChI=1S/C11H17NO2.ClH/c1-11(8-13,9-14)12-7-10-5-3-2-4-6-10;/h2-6,12-14H,7-9H2,1H3;1H. The maximum atomic E-state index is 9.04. The third-order valence-corrected chi connectivity index (χ3v) is 2.26. The molecule has 0 aliphatic rings. The molecule has 1 aromatic rings. The number of halogens is 1. The maximum Gasteiger partial charge on any atom is 0.0633 e. The molecule has 1 aromatic carbocycles. The van der Waals surface area contributed by atoms with Crippen LogP contribution in [0.25, 0.3) is 0 Å². The van der Waals surface area contributed by atoms with E-state index in [2.05, 4.69) is 5.32 Å². The fraction of sp³-hybridized carbons (Fsp3) is 0.455. The number of nitrogens with one attached hydrogen (secondary N) is 1. The lowest BCUT2D eigenvalue weighted by Crippen LogP contribution is -2.48. The molecule has 3 N–H and O–H groups in total. The summed E-state index contributed by atoms with van der Waals surface area (Å²) in [5.74, 6) is 0. The summed E-state index contributed by atoms with van der Waals surface area (Å²) in [4.78, 5) is 0. The van der Waals surface area contributed by atoms with Gasteiger partial charge in [0, 0.05) is 6.54 Å². The van der Waals surface area contributed by atoms with Crippen molar-refractivity contribution >= 4 is 12.4 Å². The molecule has 0 amide bonds. The van der Waals surface area contributed by atoms with E-state index in [1.165, 1.54) is 0 Å². The van der Waals surface area contributed by atoms with E-state index in [-0.39, 0.29) is 25.6 Å². The highest BCUT2D eigenvalue weighted by atomic mass is 35.5. The highest BCUT2D eigenvalue weighted by Crippen LogP contribution is 2.04. The molecule has 0 fully saturated rings. The average Bonchev–Trinajstić information content (AvgIpc) is 2.27. The minimum absolute atomic E-state index is 0. The van der Waals surface area contributed by atoms with Crippen molar-refractivity contribution in [3.63, 3.8) is 0 Å². The first-order chi connectivity index (χ1) is 6.70. The average molecular weight is 232 g/mol. The minimum Gasteiger partial charge on any atom is -0.394 e. The van der Waals surface area contributed by atoms with Crippen LogP contribution in [0.5, 0.6) is 0 Å². The van der Waals surface area contributed by atoms with Gasteiger partial charge in [0.05, 0.1) is 18.8 Å². The molecule has 0 atom stereocenters. The van der Waals surface area contributed by atoms with Crippen molar-refractivity contribution in [2.75, 3.05) is 13.2 Å². The molecule has 0 radical (unpaired) electrons. The Morgan fingerprint density at radius 3 is 2.13 bits per heavy atom. The number of hydrogen-bond donors (Lipinski definition) is 3. The van der Waals surface area contributed by atoms with E-state index in [1.54, 1.807) is 6.92 Å². The van der Waals surface area contributed by atoms with Gasteiger partial charge in [-0.2, -0.15) is 0 Å². The molecule has 0 saturated heterocycles. The zero-order chi connectivity index (χ0) is 10.4. The Hall–Kier alpha value is -0.610. The molecule has 1 rings (SSSR count). The van der Waals surface area contributed by atoms with Gasteiger partial charge in [-0.15, -0.1) is 12.4 Å². The van der Waals surface area contributed by atoms with Gasteiger partial charge >= 0.3 is 0 Å². The Labute approximate surface area is 96.5 Å². The smallest absolute Gasteiger partial charge is 0.0633 e. The SMILES string of the molecule is CC(CO)(CO)NCc1ccccc1.Cl. The third-order valence-electron chi connectivity index (χ3n) is 2.26. The van der Waals surface area contributed by atoms with E-state index in [4.69, 9.17) is 10.2 Å². The molecule has 3 nitrogen and oxygen atoms in total. The van der Waals surface area contributed by atoms with E-state index in [9.17, 15) is 0 Å². The van der Waals surface area contributed by atoms with Crippen LogP contribution in [0.3, 0.4) is 0 Å². The highest BCUT2D eigenvalue weighted by molar-refractivity contribution is 5.85. The molecule has 0 aliphatic carbocycles. The Kier molecular flexibility index (Phi) is 6.52. The largest absolute Gasteiger partial charge is 0.394 e. The number of aliphatic hydroxyl groups excluding tert-OH is 2. The quantitative estimate of drug-likeness (QED) is 0.707. The number of hydrogen-bond acceptors (Lipinski definition) is 3. The first-order valence-corrected chi connectivity index (χ1v) is 4.71. The van der Waals surface area contributed by atoms with Crippen LogP contribution in [0, 0.1) is 0 Å². The monoisotopic (exact) mass is 231 g/mol. The third kappa shape index (κ3) is 4.62. The Morgan fingerprint density at radius 2 is 1.67 bits per heavy atom. The zero-order valence-corrected chi connectivity index (χ0v) is 9.63. The molecule has 0 saturated carbocycles. The van der Waals surface area contributed by atoms with Gasteiger partial charge in [-0.3, -0.25) is 0 Å². The van der Waals surface area contributed by atoms with E-state index in [0.29, 0.717) is 6.54 Å². The molecular weight excluding hydrogens is 214 g/mol. The fourth-order valence-electron chi connectivity index (χ4n) is 1.07. The second kappa shape index (κ2) is 6.80. The van der Waals surface area contributed by atoms with Crippen LogP contribution in [0.1, 0.15) is 12.5 Å². The van der Waals surface area contributed by atoms with Gasteiger partial charge in [0.2, 0.25) is 0 Å². The molecule has 86 valence electrons. The van der Waals surface area contributed by atoms with E-state index >= 15 is 0 Å². The van der Waals surface area contributed by atoms with Crippen LogP contribution in [-0.2, 0) is 6.54 Å². The summed E-state index contributed by atoms with van der Waals surface area (Å²) in [7, 11) is 0. The Bertz CT molecular complexity index is 263. The molecule has 0 bridgehead atoms. The summed E-state index contributed by atoms with van der Waals surface area (Å²) in [6.07, 6.45) is 0. The predicted molar refractivity (Wildman–Crippen MR) is 63.1 cm³/mol. The number of benzene rings is 1. The molecule has 0 aromatic heterocycles. The van der Waals surface area contributed by atoms with Gasteiger partial charge in [0.25, 0.3) is 0 Å². The van der Waals surface area contributed by atoms with Gasteiger partial charge in [0.15, 0.2) is 0 Å². The van der Waals surface area contributed by atoms with Gasteiger partial charge < -0.3 is 15.5 Å². The van der Waals surface area contributed by atoms with Gasteiger partial charge in [0.1, 0.15) is 0 Å². The summed E-state index contributed by atoms with van der Waals surface area (Å²) in [5.41, 5.74) is 0.538. The van der Waals surface area contributed by atoms with Crippen LogP contribution in [-0.4, -0.2) is 29.0 Å². The normalized spacial score (nSPS) is 10.9. The molecular formula is C11H18ClNO2. The summed E-state index contributed by atoms with van der Waals surface area (Å²) in [6.45, 7) is 2.29. The maximum absolute atomic E-state index is 9.04. The summed E-state index contributed by atoms with van der Waals surface area (Å²) in [6, 6.07) is 9.89. The second-order valence-corrected chi connectivity index (χ2v) is 3.72. The highest BCUT2D eigenvalue weighted by Gasteiger charge is 2.20. The van der Waals surface area contributed by atoms with Crippen LogP contribution in [0.15, 0.2) is 30.3 Å². The van der Waals surface area contributed by atoms with Crippen molar-refractivity contribution < 1.29 is 10.2 Å². The van der Waals surface area contributed by atoms with Gasteiger partial charge in [-0.1, -0.05) is 30.3 Å². The van der Waals surface area contributed by atoms with Crippen LogP contribution >= 0.6 is 12.4 Å². The summed E-state index contributed by atoms with van der Waals surface area (Å²) >= 11 is 0. The second-order valence-electron chi connectivity index (χ2n) is 3.72. The number of rotatable bonds is 5. The molecule has 0 aliphatic heterocycles. The zero-order valence-electron chi connectivity index (χ0n) is 8.81. The molecule has 15 heavy (non-hydrogen) atoms. The van der Waals surface area contributed by atoms with Crippen molar-refractivity contribution in [3.8, 4) is 0 Å². The first-order valence-electron chi connectivity index (χ1n) is 4.71. The Morgan fingerprint density at radius 1 is 1.13 bits per heavy atom. The van der Waals surface area contributed by atoms with Crippen molar-refractivity contribution in [3.05, 3.63) is 35.9 Å². The molecule has 4 heteroatoms. The van der Waals surface area contributed by atoms with Gasteiger partial charge in [-0.25, -0.2) is 0 Å².